The molecule has 0 spiro atoms. The molecule has 0 aliphatic heterocycles. The summed E-state index contributed by atoms with van der Waals surface area (Å²) in [4.78, 5) is 22.2. The highest BCUT2D eigenvalue weighted by Gasteiger charge is 2.26. The van der Waals surface area contributed by atoms with Crippen LogP contribution in [0.3, 0.4) is 0 Å². The van der Waals surface area contributed by atoms with Crippen molar-refractivity contribution in [3.8, 4) is 0 Å². The number of carboxylic acid groups (broad SMARTS) is 1. The van der Waals surface area contributed by atoms with Crippen molar-refractivity contribution in [1.29, 1.82) is 0 Å². The Kier molecular flexibility index (Phi) is 5.26. The molecule has 0 aromatic heterocycles. The fraction of sp³-hybridized carbons (Fsp3) is 0.385. The van der Waals surface area contributed by atoms with E-state index in [1.165, 1.54) is 6.92 Å². The summed E-state index contributed by atoms with van der Waals surface area (Å²) in [6, 6.07) is 6.91. The standard InChI is InChI=1S/C13H17NO5S/c1-9-3-5-11(6-4-9)14-12(15)8-20(18,19)10(2)7-13(16)17/h3-6,10H,7-8H2,1-2H3,(H,14,15)(H,16,17). The summed E-state index contributed by atoms with van der Waals surface area (Å²) >= 11 is 0. The zero-order chi connectivity index (χ0) is 15.3. The molecule has 1 rings (SSSR count). The topological polar surface area (TPSA) is 101 Å². The lowest BCUT2D eigenvalue weighted by Crippen LogP contribution is -2.30. The Morgan fingerprint density at radius 1 is 1.25 bits per heavy atom. The quantitative estimate of drug-likeness (QED) is 0.822. The predicted octanol–water partition coefficient (Wildman–Crippen LogP) is 1.21. The second kappa shape index (κ2) is 6.51. The van der Waals surface area contributed by atoms with E-state index in [1.807, 2.05) is 6.92 Å². The zero-order valence-electron chi connectivity index (χ0n) is 11.3. The van der Waals surface area contributed by atoms with Crippen molar-refractivity contribution in [3.63, 3.8) is 0 Å². The molecule has 2 N–H and O–H groups in total. The van der Waals surface area contributed by atoms with Crippen LogP contribution in [0, 0.1) is 6.92 Å². The molecule has 1 amide bonds. The number of nitrogens with one attached hydrogen (secondary N) is 1. The number of carbonyl (C=O) groups is 2. The Balaban J connectivity index is 2.65. The molecule has 1 unspecified atom stereocenters. The summed E-state index contributed by atoms with van der Waals surface area (Å²) in [5.41, 5.74) is 1.52. The maximum absolute atomic E-state index is 11.8. The molecule has 20 heavy (non-hydrogen) atoms. The maximum atomic E-state index is 11.8. The van der Waals surface area contributed by atoms with Crippen LogP contribution in [0.25, 0.3) is 0 Å². The Morgan fingerprint density at radius 2 is 1.80 bits per heavy atom. The molecule has 0 saturated heterocycles. The van der Waals surface area contributed by atoms with Crippen molar-refractivity contribution in [1.82, 2.24) is 0 Å². The molecule has 0 bridgehead atoms. The van der Waals surface area contributed by atoms with Crippen LogP contribution in [0.4, 0.5) is 5.69 Å². The number of aryl methyl sites for hydroxylation is 1. The van der Waals surface area contributed by atoms with E-state index in [0.29, 0.717) is 5.69 Å². The van der Waals surface area contributed by atoms with Crippen LogP contribution in [0.15, 0.2) is 24.3 Å². The summed E-state index contributed by atoms with van der Waals surface area (Å²) in [6.07, 6.45) is -0.514. The van der Waals surface area contributed by atoms with Gasteiger partial charge in [0, 0.05) is 5.69 Å². The Bertz CT molecular complexity index is 592. The van der Waals surface area contributed by atoms with Gasteiger partial charge in [0.2, 0.25) is 5.91 Å². The second-order valence-corrected chi connectivity index (χ2v) is 7.05. The van der Waals surface area contributed by atoms with Gasteiger partial charge in [-0.05, 0) is 26.0 Å². The van der Waals surface area contributed by atoms with E-state index >= 15 is 0 Å². The summed E-state index contributed by atoms with van der Waals surface area (Å²) in [6.45, 7) is 3.17. The Labute approximate surface area is 117 Å². The summed E-state index contributed by atoms with van der Waals surface area (Å²) in [5.74, 6) is -2.61. The van der Waals surface area contributed by atoms with Crippen LogP contribution in [0.5, 0.6) is 0 Å². The monoisotopic (exact) mass is 299 g/mol. The van der Waals surface area contributed by atoms with Crippen molar-refractivity contribution in [2.75, 3.05) is 11.1 Å². The second-order valence-electron chi connectivity index (χ2n) is 4.63. The van der Waals surface area contributed by atoms with Crippen LogP contribution in [0.2, 0.25) is 0 Å². The van der Waals surface area contributed by atoms with E-state index in [-0.39, 0.29) is 0 Å². The fourth-order valence-electron chi connectivity index (χ4n) is 1.53. The number of carboxylic acids is 1. The number of hydrogen-bond acceptors (Lipinski definition) is 4. The van der Waals surface area contributed by atoms with E-state index < -0.39 is 39.1 Å². The highest BCUT2D eigenvalue weighted by atomic mass is 32.2. The van der Waals surface area contributed by atoms with Gasteiger partial charge in [-0.1, -0.05) is 17.7 Å². The number of benzene rings is 1. The third kappa shape index (κ3) is 5.00. The van der Waals surface area contributed by atoms with Gasteiger partial charge in [-0.3, -0.25) is 9.59 Å². The van der Waals surface area contributed by atoms with Gasteiger partial charge in [0.25, 0.3) is 0 Å². The fourth-order valence-corrected chi connectivity index (χ4v) is 2.65. The van der Waals surface area contributed by atoms with E-state index in [1.54, 1.807) is 24.3 Å². The molecular weight excluding hydrogens is 282 g/mol. The van der Waals surface area contributed by atoms with Crippen molar-refractivity contribution in [2.24, 2.45) is 0 Å². The third-order valence-corrected chi connectivity index (χ3v) is 4.80. The zero-order valence-corrected chi connectivity index (χ0v) is 12.1. The van der Waals surface area contributed by atoms with Gasteiger partial charge >= 0.3 is 5.97 Å². The smallest absolute Gasteiger partial charge is 0.304 e. The lowest BCUT2D eigenvalue weighted by molar-refractivity contribution is -0.137. The molecule has 1 aromatic rings. The highest BCUT2D eigenvalue weighted by molar-refractivity contribution is 7.92. The largest absolute Gasteiger partial charge is 0.481 e. The van der Waals surface area contributed by atoms with Crippen molar-refractivity contribution in [2.45, 2.75) is 25.5 Å². The van der Waals surface area contributed by atoms with E-state index in [0.717, 1.165) is 5.56 Å². The van der Waals surface area contributed by atoms with E-state index in [4.69, 9.17) is 5.11 Å². The van der Waals surface area contributed by atoms with Gasteiger partial charge in [0.15, 0.2) is 9.84 Å². The first-order valence-electron chi connectivity index (χ1n) is 6.00. The van der Waals surface area contributed by atoms with Gasteiger partial charge in [0.05, 0.1) is 11.7 Å². The number of anilines is 1. The average Bonchev–Trinajstić information content (AvgIpc) is 2.30. The minimum absolute atomic E-state index is 0.502. The minimum atomic E-state index is -3.78. The van der Waals surface area contributed by atoms with Crippen LogP contribution in [-0.2, 0) is 19.4 Å². The number of amides is 1. The van der Waals surface area contributed by atoms with Crippen molar-refractivity contribution in [3.05, 3.63) is 29.8 Å². The molecule has 1 aromatic carbocycles. The van der Waals surface area contributed by atoms with Gasteiger partial charge in [0.1, 0.15) is 5.75 Å². The molecule has 0 saturated carbocycles. The first-order chi connectivity index (χ1) is 9.20. The number of hydrogen-bond donors (Lipinski definition) is 2. The lowest BCUT2D eigenvalue weighted by Gasteiger charge is -2.11. The SMILES string of the molecule is Cc1ccc(NC(=O)CS(=O)(=O)C(C)CC(=O)O)cc1. The van der Waals surface area contributed by atoms with Crippen LogP contribution in [0.1, 0.15) is 18.9 Å². The molecule has 110 valence electrons. The Morgan fingerprint density at radius 3 is 2.30 bits per heavy atom. The summed E-state index contributed by atoms with van der Waals surface area (Å²) in [7, 11) is -3.78. The highest BCUT2D eigenvalue weighted by Crippen LogP contribution is 2.11. The maximum Gasteiger partial charge on any atom is 0.304 e. The number of sulfone groups is 1. The molecule has 0 heterocycles. The number of aliphatic carboxylic acids is 1. The van der Waals surface area contributed by atoms with Crippen molar-refractivity contribution >= 4 is 27.4 Å². The molecule has 0 aliphatic carbocycles. The molecule has 1 atom stereocenters. The van der Waals surface area contributed by atoms with Crippen LogP contribution in [-0.4, -0.2) is 36.4 Å². The minimum Gasteiger partial charge on any atom is -0.481 e. The molecule has 7 heteroatoms. The number of carbonyl (C=O) groups excluding carboxylic acids is 1. The van der Waals surface area contributed by atoms with Gasteiger partial charge in [-0.2, -0.15) is 0 Å². The first kappa shape index (κ1) is 16.2. The molecule has 0 radical (unpaired) electrons. The van der Waals surface area contributed by atoms with E-state index in [2.05, 4.69) is 5.32 Å². The molecule has 0 fully saturated rings. The molecule has 0 aliphatic rings. The van der Waals surface area contributed by atoms with Crippen LogP contribution < -0.4 is 5.32 Å². The Hall–Kier alpha value is -1.89. The van der Waals surface area contributed by atoms with Crippen molar-refractivity contribution < 1.29 is 23.1 Å². The normalized spacial score (nSPS) is 12.7. The van der Waals surface area contributed by atoms with E-state index in [9.17, 15) is 18.0 Å². The van der Waals surface area contributed by atoms with Gasteiger partial charge < -0.3 is 10.4 Å². The summed E-state index contributed by atoms with van der Waals surface area (Å²) < 4.78 is 23.6. The summed E-state index contributed by atoms with van der Waals surface area (Å²) in [5, 5.41) is 9.95. The van der Waals surface area contributed by atoms with Gasteiger partial charge in [-0.25, -0.2) is 8.42 Å². The lowest BCUT2D eigenvalue weighted by atomic mass is 10.2. The predicted molar refractivity (Wildman–Crippen MR) is 75.3 cm³/mol. The molecular formula is C13H17NO5S. The molecule has 6 nitrogen and oxygen atoms in total. The van der Waals surface area contributed by atoms with Crippen LogP contribution >= 0.6 is 0 Å². The van der Waals surface area contributed by atoms with Gasteiger partial charge in [-0.15, -0.1) is 0 Å². The third-order valence-electron chi connectivity index (χ3n) is 2.74. The first-order valence-corrected chi connectivity index (χ1v) is 7.72. The average molecular weight is 299 g/mol. The number of rotatable bonds is 6.